The van der Waals surface area contributed by atoms with E-state index in [-0.39, 0.29) is 30.7 Å². The van der Waals surface area contributed by atoms with E-state index in [4.69, 9.17) is 4.74 Å². The van der Waals surface area contributed by atoms with Crippen molar-refractivity contribution in [2.75, 3.05) is 11.5 Å². The standard InChI is InChI=1S/C24H22F9N5O/c1-37-35-21(34-36-37)38(10-15-6-19(23(28,29)30)9-20(7-15)24(31,32)33)11-17-8-18(22(25,26)27)5-4-16(17)13-39-12-14-2-3-14/h4-9,14H,2-3,10-13H2,1H3. The molecule has 0 bridgehead atoms. The van der Waals surface area contributed by atoms with Gasteiger partial charge in [-0.3, -0.25) is 0 Å². The van der Waals surface area contributed by atoms with Gasteiger partial charge in [0.15, 0.2) is 0 Å². The lowest BCUT2D eigenvalue weighted by Gasteiger charge is -2.24. The molecule has 0 amide bonds. The van der Waals surface area contributed by atoms with E-state index in [2.05, 4.69) is 15.4 Å². The van der Waals surface area contributed by atoms with Crippen LogP contribution < -0.4 is 4.90 Å². The summed E-state index contributed by atoms with van der Waals surface area (Å²) in [5.41, 5.74) is -3.95. The van der Waals surface area contributed by atoms with E-state index in [9.17, 15) is 39.5 Å². The number of rotatable bonds is 9. The lowest BCUT2D eigenvalue weighted by molar-refractivity contribution is -0.143. The highest BCUT2D eigenvalue weighted by Crippen LogP contribution is 2.37. The molecule has 0 aliphatic heterocycles. The highest BCUT2D eigenvalue weighted by molar-refractivity contribution is 5.41. The Morgan fingerprint density at radius 2 is 1.44 bits per heavy atom. The molecule has 15 heteroatoms. The molecule has 1 fully saturated rings. The average Bonchev–Trinajstić information content (AvgIpc) is 3.55. The first-order valence-corrected chi connectivity index (χ1v) is 11.6. The van der Waals surface area contributed by atoms with E-state index >= 15 is 0 Å². The lowest BCUT2D eigenvalue weighted by Crippen LogP contribution is -2.25. The molecule has 0 unspecified atom stereocenters. The summed E-state index contributed by atoms with van der Waals surface area (Å²) in [6.07, 6.45) is -12.9. The minimum absolute atomic E-state index is 0.00344. The largest absolute Gasteiger partial charge is 0.416 e. The maximum Gasteiger partial charge on any atom is 0.416 e. The van der Waals surface area contributed by atoms with Gasteiger partial charge in [-0.2, -0.15) is 44.3 Å². The minimum atomic E-state index is -5.07. The monoisotopic (exact) mass is 567 g/mol. The Hall–Kier alpha value is -3.36. The highest BCUT2D eigenvalue weighted by Gasteiger charge is 2.37. The molecule has 0 saturated heterocycles. The molecule has 6 nitrogen and oxygen atoms in total. The van der Waals surface area contributed by atoms with Crippen LogP contribution in [-0.2, 0) is 50.0 Å². The van der Waals surface area contributed by atoms with E-state index in [1.54, 1.807) is 0 Å². The van der Waals surface area contributed by atoms with Crippen molar-refractivity contribution in [1.29, 1.82) is 0 Å². The normalized spacial score (nSPS) is 14.6. The Labute approximate surface area is 216 Å². The van der Waals surface area contributed by atoms with E-state index in [0.717, 1.165) is 34.7 Å². The number of tetrazole rings is 1. The molecule has 0 radical (unpaired) electrons. The zero-order valence-electron chi connectivity index (χ0n) is 20.3. The molecular weight excluding hydrogens is 545 g/mol. The molecule has 4 rings (SSSR count). The molecule has 0 spiro atoms. The average molecular weight is 567 g/mol. The Kier molecular flexibility index (Phi) is 7.83. The first kappa shape index (κ1) is 28.6. The fraction of sp³-hybridized carbons (Fsp3) is 0.458. The van der Waals surface area contributed by atoms with Crippen LogP contribution in [-0.4, -0.2) is 26.8 Å². The van der Waals surface area contributed by atoms with Gasteiger partial charge in [0.25, 0.3) is 5.95 Å². The van der Waals surface area contributed by atoms with Gasteiger partial charge in [0.1, 0.15) is 0 Å². The summed E-state index contributed by atoms with van der Waals surface area (Å²) in [4.78, 5) is 2.16. The topological polar surface area (TPSA) is 56.1 Å². The number of hydrogen-bond donors (Lipinski definition) is 0. The number of ether oxygens (including phenoxy) is 1. The van der Waals surface area contributed by atoms with Gasteiger partial charge in [-0.25, -0.2) is 0 Å². The van der Waals surface area contributed by atoms with Gasteiger partial charge >= 0.3 is 18.5 Å². The molecule has 1 heterocycles. The van der Waals surface area contributed by atoms with Crippen molar-refractivity contribution in [2.45, 2.75) is 51.1 Å². The predicted octanol–water partition coefficient (Wildman–Crippen LogP) is 6.40. The molecule has 1 aliphatic rings. The summed E-state index contributed by atoms with van der Waals surface area (Å²) >= 11 is 0. The van der Waals surface area contributed by atoms with Gasteiger partial charge in [-0.1, -0.05) is 11.2 Å². The Bertz CT molecular complexity index is 1260. The van der Waals surface area contributed by atoms with Gasteiger partial charge in [-0.15, -0.1) is 5.10 Å². The zero-order valence-corrected chi connectivity index (χ0v) is 20.3. The molecule has 2 aromatic carbocycles. The molecule has 0 atom stereocenters. The molecule has 39 heavy (non-hydrogen) atoms. The highest BCUT2D eigenvalue weighted by atomic mass is 19.4. The van der Waals surface area contributed by atoms with E-state index < -0.39 is 47.3 Å². The second-order valence-corrected chi connectivity index (χ2v) is 9.29. The van der Waals surface area contributed by atoms with Crippen LogP contribution in [0.4, 0.5) is 45.5 Å². The summed E-state index contributed by atoms with van der Waals surface area (Å²) in [7, 11) is 1.38. The zero-order chi connectivity index (χ0) is 28.6. The van der Waals surface area contributed by atoms with E-state index in [1.807, 2.05) is 0 Å². The number of benzene rings is 2. The second-order valence-electron chi connectivity index (χ2n) is 9.29. The number of aromatic nitrogens is 4. The molecule has 1 aromatic heterocycles. The third kappa shape index (κ3) is 7.61. The first-order valence-electron chi connectivity index (χ1n) is 11.6. The number of anilines is 1. The van der Waals surface area contributed by atoms with Crippen molar-refractivity contribution in [1.82, 2.24) is 20.2 Å². The lowest BCUT2D eigenvalue weighted by atomic mass is 10.0. The van der Waals surface area contributed by atoms with Crippen molar-refractivity contribution >= 4 is 5.95 Å². The van der Waals surface area contributed by atoms with Crippen molar-refractivity contribution in [2.24, 2.45) is 13.0 Å². The number of aryl methyl sites for hydroxylation is 1. The number of alkyl halides is 9. The Morgan fingerprint density at radius 1 is 0.821 bits per heavy atom. The SMILES string of the molecule is Cn1nnc(N(Cc2cc(C(F)(F)F)cc(C(F)(F)F)c2)Cc2cc(C(F)(F)F)ccc2COCC2CC2)n1. The maximum atomic E-state index is 13.5. The molecule has 212 valence electrons. The molecule has 1 aliphatic carbocycles. The van der Waals surface area contributed by atoms with Crippen molar-refractivity contribution in [3.8, 4) is 0 Å². The number of nitrogens with zero attached hydrogens (tertiary/aromatic N) is 5. The summed E-state index contributed by atoms with van der Waals surface area (Å²) < 4.78 is 126. The van der Waals surface area contributed by atoms with Crippen molar-refractivity contribution < 1.29 is 44.3 Å². The van der Waals surface area contributed by atoms with E-state index in [0.29, 0.717) is 30.2 Å². The Morgan fingerprint density at radius 3 is 1.95 bits per heavy atom. The third-order valence-electron chi connectivity index (χ3n) is 6.00. The summed E-state index contributed by atoms with van der Waals surface area (Å²) in [5.74, 6) is 0.178. The van der Waals surface area contributed by atoms with Crippen LogP contribution in [0.5, 0.6) is 0 Å². The van der Waals surface area contributed by atoms with Crippen molar-refractivity contribution in [3.63, 3.8) is 0 Å². The maximum absolute atomic E-state index is 13.5. The molecule has 1 saturated carbocycles. The van der Waals surface area contributed by atoms with Crippen LogP contribution in [0.3, 0.4) is 0 Å². The molecule has 0 N–H and O–H groups in total. The van der Waals surface area contributed by atoms with Crippen molar-refractivity contribution in [3.05, 3.63) is 69.8 Å². The van der Waals surface area contributed by atoms with Crippen LogP contribution in [0.2, 0.25) is 0 Å². The summed E-state index contributed by atoms with van der Waals surface area (Å²) in [6, 6.07) is 4.07. The van der Waals surface area contributed by atoms with Gasteiger partial charge in [0.2, 0.25) is 0 Å². The van der Waals surface area contributed by atoms with Crippen LogP contribution in [0, 0.1) is 5.92 Å². The number of hydrogen-bond acceptors (Lipinski definition) is 5. The minimum Gasteiger partial charge on any atom is -0.376 e. The van der Waals surface area contributed by atoms with Crippen LogP contribution >= 0.6 is 0 Å². The van der Waals surface area contributed by atoms with Gasteiger partial charge < -0.3 is 9.64 Å². The fourth-order valence-corrected chi connectivity index (χ4v) is 3.84. The fourth-order valence-electron chi connectivity index (χ4n) is 3.84. The van der Waals surface area contributed by atoms with E-state index in [1.165, 1.54) is 13.1 Å². The summed E-state index contributed by atoms with van der Waals surface area (Å²) in [6.45, 7) is -0.583. The first-order chi connectivity index (χ1) is 18.1. The predicted molar refractivity (Wildman–Crippen MR) is 119 cm³/mol. The second kappa shape index (κ2) is 10.7. The van der Waals surface area contributed by atoms with Crippen LogP contribution in [0.1, 0.15) is 46.2 Å². The Balaban J connectivity index is 1.72. The molecule has 3 aromatic rings. The third-order valence-corrected chi connectivity index (χ3v) is 6.00. The van der Waals surface area contributed by atoms with Crippen LogP contribution in [0.25, 0.3) is 0 Å². The van der Waals surface area contributed by atoms with Crippen LogP contribution in [0.15, 0.2) is 36.4 Å². The molecular formula is C24H22F9N5O. The smallest absolute Gasteiger partial charge is 0.376 e. The van der Waals surface area contributed by atoms with Gasteiger partial charge in [-0.05, 0) is 71.0 Å². The van der Waals surface area contributed by atoms with Gasteiger partial charge in [0, 0.05) is 19.7 Å². The van der Waals surface area contributed by atoms with Gasteiger partial charge in [0.05, 0.1) is 30.3 Å². The number of halogens is 9. The summed E-state index contributed by atoms with van der Waals surface area (Å²) in [5, 5.41) is 11.4. The quantitative estimate of drug-likeness (QED) is 0.280.